The third-order valence-corrected chi connectivity index (χ3v) is 1.62. The highest BCUT2D eigenvalue weighted by molar-refractivity contribution is 5.94. The van der Waals surface area contributed by atoms with E-state index in [0.717, 1.165) is 5.69 Å². The van der Waals surface area contributed by atoms with E-state index >= 15 is 0 Å². The molecule has 0 aliphatic heterocycles. The van der Waals surface area contributed by atoms with E-state index in [1.165, 1.54) is 0 Å². The minimum absolute atomic E-state index is 0.336. The standard InChI is InChI=1S/C9H11NO2/c1-10(2)8-6-4-3-5-7(8)9(11)12/h3-6H,1-2H3,(H,11,12). The molecule has 1 rings (SSSR count). The molecule has 0 aliphatic carbocycles. The molecule has 12 heavy (non-hydrogen) atoms. The van der Waals surface area contributed by atoms with Crippen LogP contribution in [0.4, 0.5) is 5.69 Å². The van der Waals surface area contributed by atoms with E-state index in [-0.39, 0.29) is 0 Å². The largest absolute Gasteiger partial charge is 0.478 e. The Morgan fingerprint density at radius 1 is 1.33 bits per heavy atom. The minimum Gasteiger partial charge on any atom is -0.478 e. The second-order valence-electron chi connectivity index (χ2n) is 2.72. The molecule has 1 aromatic rings. The lowest BCUT2D eigenvalue weighted by molar-refractivity contribution is 0.0697. The van der Waals surface area contributed by atoms with Crippen molar-refractivity contribution in [3.05, 3.63) is 29.8 Å². The van der Waals surface area contributed by atoms with Crippen LogP contribution in [-0.4, -0.2) is 25.2 Å². The van der Waals surface area contributed by atoms with Crippen molar-refractivity contribution in [2.45, 2.75) is 0 Å². The van der Waals surface area contributed by atoms with Gasteiger partial charge in [0.05, 0.1) is 11.3 Å². The molecule has 0 amide bonds. The van der Waals surface area contributed by atoms with Gasteiger partial charge < -0.3 is 10.0 Å². The van der Waals surface area contributed by atoms with E-state index in [2.05, 4.69) is 0 Å². The van der Waals surface area contributed by atoms with Gasteiger partial charge in [0.1, 0.15) is 0 Å². The van der Waals surface area contributed by atoms with Crippen molar-refractivity contribution >= 4 is 11.7 Å². The van der Waals surface area contributed by atoms with Gasteiger partial charge in [0.2, 0.25) is 0 Å². The fourth-order valence-electron chi connectivity index (χ4n) is 1.04. The van der Waals surface area contributed by atoms with Crippen LogP contribution in [0.15, 0.2) is 24.3 Å². The summed E-state index contributed by atoms with van der Waals surface area (Å²) in [5, 5.41) is 8.79. The molecule has 0 saturated heterocycles. The first kappa shape index (κ1) is 8.59. The number of aromatic carboxylic acids is 1. The molecule has 64 valence electrons. The minimum atomic E-state index is -0.890. The highest BCUT2D eigenvalue weighted by Gasteiger charge is 2.09. The molecule has 0 unspecified atom stereocenters. The SMILES string of the molecule is CN(C)c1ccccc1C(=O)O. The highest BCUT2D eigenvalue weighted by Crippen LogP contribution is 2.17. The molecule has 0 heterocycles. The zero-order chi connectivity index (χ0) is 9.14. The predicted molar refractivity (Wildman–Crippen MR) is 47.7 cm³/mol. The summed E-state index contributed by atoms with van der Waals surface area (Å²) in [6, 6.07) is 6.92. The van der Waals surface area contributed by atoms with E-state index in [9.17, 15) is 4.79 Å². The van der Waals surface area contributed by atoms with Gasteiger partial charge in [-0.1, -0.05) is 12.1 Å². The third kappa shape index (κ3) is 1.56. The van der Waals surface area contributed by atoms with Crippen molar-refractivity contribution in [2.75, 3.05) is 19.0 Å². The van der Waals surface area contributed by atoms with Crippen molar-refractivity contribution in [1.29, 1.82) is 0 Å². The Bertz CT molecular complexity index is 294. The number of rotatable bonds is 2. The van der Waals surface area contributed by atoms with Gasteiger partial charge in [-0.05, 0) is 12.1 Å². The summed E-state index contributed by atoms with van der Waals surface area (Å²) in [6.45, 7) is 0. The highest BCUT2D eigenvalue weighted by atomic mass is 16.4. The molecule has 0 aromatic heterocycles. The van der Waals surface area contributed by atoms with Crippen LogP contribution < -0.4 is 4.90 Å². The van der Waals surface area contributed by atoms with Crippen LogP contribution in [0, 0.1) is 0 Å². The average Bonchev–Trinajstić information content (AvgIpc) is 2.04. The number of carbonyl (C=O) groups is 1. The van der Waals surface area contributed by atoms with Gasteiger partial charge in [-0.25, -0.2) is 4.79 Å². The van der Waals surface area contributed by atoms with Crippen LogP contribution in [-0.2, 0) is 0 Å². The van der Waals surface area contributed by atoms with Gasteiger partial charge in [0.25, 0.3) is 0 Å². The molecular formula is C9H11NO2. The zero-order valence-electron chi connectivity index (χ0n) is 7.11. The second kappa shape index (κ2) is 3.26. The van der Waals surface area contributed by atoms with Gasteiger partial charge in [0.15, 0.2) is 0 Å². The van der Waals surface area contributed by atoms with Crippen LogP contribution in [0.5, 0.6) is 0 Å². The molecule has 1 N–H and O–H groups in total. The summed E-state index contributed by atoms with van der Waals surface area (Å²) in [6.07, 6.45) is 0. The lowest BCUT2D eigenvalue weighted by Gasteiger charge is -2.14. The van der Waals surface area contributed by atoms with Crippen molar-refractivity contribution in [3.63, 3.8) is 0 Å². The molecule has 0 atom stereocenters. The molecular weight excluding hydrogens is 154 g/mol. The second-order valence-corrected chi connectivity index (χ2v) is 2.72. The molecule has 0 spiro atoms. The maximum absolute atomic E-state index is 10.7. The molecule has 3 heteroatoms. The summed E-state index contributed by atoms with van der Waals surface area (Å²) < 4.78 is 0. The van der Waals surface area contributed by atoms with Crippen LogP contribution >= 0.6 is 0 Å². The van der Waals surface area contributed by atoms with Crippen LogP contribution in [0.1, 0.15) is 10.4 Å². The van der Waals surface area contributed by atoms with Gasteiger partial charge in [-0.2, -0.15) is 0 Å². The number of anilines is 1. The predicted octanol–water partition coefficient (Wildman–Crippen LogP) is 1.45. The molecule has 0 radical (unpaired) electrons. The monoisotopic (exact) mass is 165 g/mol. The normalized spacial score (nSPS) is 9.50. The molecule has 3 nitrogen and oxygen atoms in total. The molecule has 0 fully saturated rings. The smallest absolute Gasteiger partial charge is 0.337 e. The molecule has 0 aliphatic rings. The average molecular weight is 165 g/mol. The molecule has 0 saturated carbocycles. The Labute approximate surface area is 71.2 Å². The van der Waals surface area contributed by atoms with Crippen LogP contribution in [0.3, 0.4) is 0 Å². The van der Waals surface area contributed by atoms with Crippen molar-refractivity contribution in [2.24, 2.45) is 0 Å². The number of carboxylic acid groups (broad SMARTS) is 1. The lowest BCUT2D eigenvalue weighted by Crippen LogP contribution is -2.13. The van der Waals surface area contributed by atoms with Crippen LogP contribution in [0.2, 0.25) is 0 Å². The number of carboxylic acids is 1. The Kier molecular flexibility index (Phi) is 2.33. The first-order valence-corrected chi connectivity index (χ1v) is 3.62. The maximum atomic E-state index is 10.7. The first-order chi connectivity index (χ1) is 5.63. The molecule has 1 aromatic carbocycles. The molecule has 0 bridgehead atoms. The van der Waals surface area contributed by atoms with E-state index in [1.807, 2.05) is 20.2 Å². The number of hydrogen-bond acceptors (Lipinski definition) is 2. The zero-order valence-corrected chi connectivity index (χ0v) is 7.11. The van der Waals surface area contributed by atoms with E-state index in [1.54, 1.807) is 23.1 Å². The lowest BCUT2D eigenvalue weighted by atomic mass is 10.2. The summed E-state index contributed by atoms with van der Waals surface area (Å²) >= 11 is 0. The van der Waals surface area contributed by atoms with Gasteiger partial charge in [-0.15, -0.1) is 0 Å². The topological polar surface area (TPSA) is 40.5 Å². The summed E-state index contributed by atoms with van der Waals surface area (Å²) in [5.41, 5.74) is 1.06. The van der Waals surface area contributed by atoms with Crippen LogP contribution in [0.25, 0.3) is 0 Å². The number of para-hydroxylation sites is 1. The first-order valence-electron chi connectivity index (χ1n) is 3.62. The van der Waals surface area contributed by atoms with Crippen molar-refractivity contribution in [3.8, 4) is 0 Å². The third-order valence-electron chi connectivity index (χ3n) is 1.62. The summed E-state index contributed by atoms with van der Waals surface area (Å²) in [5.74, 6) is -0.890. The summed E-state index contributed by atoms with van der Waals surface area (Å²) in [7, 11) is 3.64. The van der Waals surface area contributed by atoms with E-state index < -0.39 is 5.97 Å². The number of hydrogen-bond donors (Lipinski definition) is 1. The van der Waals surface area contributed by atoms with E-state index in [4.69, 9.17) is 5.11 Å². The number of nitrogens with zero attached hydrogens (tertiary/aromatic N) is 1. The maximum Gasteiger partial charge on any atom is 0.337 e. The van der Waals surface area contributed by atoms with Gasteiger partial charge >= 0.3 is 5.97 Å². The number of benzene rings is 1. The Hall–Kier alpha value is -1.51. The van der Waals surface area contributed by atoms with E-state index in [0.29, 0.717) is 5.56 Å². The fourth-order valence-corrected chi connectivity index (χ4v) is 1.04. The van der Waals surface area contributed by atoms with Gasteiger partial charge in [0, 0.05) is 14.1 Å². The van der Waals surface area contributed by atoms with Crippen molar-refractivity contribution < 1.29 is 9.90 Å². The Balaban J connectivity index is 3.17. The summed E-state index contributed by atoms with van der Waals surface area (Å²) in [4.78, 5) is 12.5. The van der Waals surface area contributed by atoms with Crippen molar-refractivity contribution in [1.82, 2.24) is 0 Å². The van der Waals surface area contributed by atoms with Gasteiger partial charge in [-0.3, -0.25) is 0 Å². The Morgan fingerprint density at radius 3 is 2.33 bits per heavy atom. The Morgan fingerprint density at radius 2 is 1.92 bits per heavy atom. The quantitative estimate of drug-likeness (QED) is 0.721. The fraction of sp³-hybridized carbons (Fsp3) is 0.222.